The molecule has 0 atom stereocenters. The zero-order valence-corrected chi connectivity index (χ0v) is 7.21. The van der Waals surface area contributed by atoms with Gasteiger partial charge in [-0.05, 0) is 13.0 Å². The molecule has 13 heavy (non-hydrogen) atoms. The Morgan fingerprint density at radius 3 is 2.62 bits per heavy atom. The zero-order valence-electron chi connectivity index (χ0n) is 6.39. The summed E-state index contributed by atoms with van der Waals surface area (Å²) in [6, 6.07) is 3.35. The van der Waals surface area contributed by atoms with Crippen LogP contribution in [0, 0.1) is 6.92 Å². The monoisotopic (exact) mass is 212 g/mol. The molecule has 2 N–H and O–H groups in total. The van der Waals surface area contributed by atoms with Gasteiger partial charge in [-0.15, -0.1) is 0 Å². The molecule has 0 bridgehead atoms. The van der Waals surface area contributed by atoms with Crippen molar-refractivity contribution in [2.75, 3.05) is 0 Å². The van der Waals surface area contributed by atoms with E-state index in [0.717, 1.165) is 0 Å². The molecule has 1 rings (SSSR count). The SMILES string of the molecule is Cc1cccnc1OS(N)(=O)=O.[NaH]. The molecule has 7 heteroatoms. The molecule has 0 spiro atoms. The molecule has 0 amide bonds. The Morgan fingerprint density at radius 1 is 1.54 bits per heavy atom. The third kappa shape index (κ3) is 4.58. The Labute approximate surface area is 98.9 Å². The van der Waals surface area contributed by atoms with E-state index < -0.39 is 10.3 Å². The van der Waals surface area contributed by atoms with Crippen molar-refractivity contribution in [3.8, 4) is 5.88 Å². The van der Waals surface area contributed by atoms with E-state index in [9.17, 15) is 8.42 Å². The molecule has 0 fully saturated rings. The number of nitrogens with zero attached hydrogens (tertiary/aromatic N) is 1. The van der Waals surface area contributed by atoms with Crippen molar-refractivity contribution >= 4 is 39.9 Å². The molecule has 0 saturated heterocycles. The standard InChI is InChI=1S/C6H8N2O3S.Na.H/c1-5-3-2-4-8-6(5)11-12(7,9)10;;/h2-4H,1H3,(H2,7,9,10);;. The topological polar surface area (TPSA) is 82.3 Å². The van der Waals surface area contributed by atoms with Crippen LogP contribution in [0.3, 0.4) is 0 Å². The van der Waals surface area contributed by atoms with Gasteiger partial charge in [-0.3, -0.25) is 0 Å². The fourth-order valence-electron chi connectivity index (χ4n) is 0.668. The molecule has 68 valence electrons. The molecule has 0 aromatic carbocycles. The maximum atomic E-state index is 10.5. The Morgan fingerprint density at radius 2 is 2.15 bits per heavy atom. The van der Waals surface area contributed by atoms with Crippen molar-refractivity contribution in [2.24, 2.45) is 5.14 Å². The van der Waals surface area contributed by atoms with Gasteiger partial charge in [0.2, 0.25) is 5.88 Å². The van der Waals surface area contributed by atoms with Crippen molar-refractivity contribution in [2.45, 2.75) is 6.92 Å². The molecule has 1 heterocycles. The molecule has 0 saturated carbocycles. The minimum absolute atomic E-state index is 0. The van der Waals surface area contributed by atoms with Crippen LogP contribution in [0.5, 0.6) is 5.88 Å². The van der Waals surface area contributed by atoms with Gasteiger partial charge in [-0.1, -0.05) is 6.07 Å². The summed E-state index contributed by atoms with van der Waals surface area (Å²) in [4.78, 5) is 3.68. The van der Waals surface area contributed by atoms with E-state index >= 15 is 0 Å². The fraction of sp³-hybridized carbons (Fsp3) is 0.167. The van der Waals surface area contributed by atoms with Crippen molar-refractivity contribution < 1.29 is 12.6 Å². The summed E-state index contributed by atoms with van der Waals surface area (Å²) >= 11 is 0. The second-order valence-corrected chi connectivity index (χ2v) is 3.35. The van der Waals surface area contributed by atoms with Gasteiger partial charge < -0.3 is 4.18 Å². The van der Waals surface area contributed by atoms with Crippen LogP contribution in [0.25, 0.3) is 0 Å². The molecule has 1 aromatic rings. The molecule has 0 unspecified atom stereocenters. The summed E-state index contributed by atoms with van der Waals surface area (Å²) in [5, 5.41) is 4.65. The van der Waals surface area contributed by atoms with Crippen molar-refractivity contribution in [3.63, 3.8) is 0 Å². The Balaban J connectivity index is 0.00000144. The second kappa shape index (κ2) is 4.92. The second-order valence-electron chi connectivity index (χ2n) is 2.20. The predicted molar refractivity (Wildman–Crippen MR) is 49.9 cm³/mol. The van der Waals surface area contributed by atoms with Crippen LogP contribution in [0.15, 0.2) is 18.3 Å². The van der Waals surface area contributed by atoms with E-state index in [4.69, 9.17) is 0 Å². The Hall–Kier alpha value is -0.140. The van der Waals surface area contributed by atoms with Crippen LogP contribution < -0.4 is 9.32 Å². The molecule has 0 aliphatic heterocycles. The van der Waals surface area contributed by atoms with Gasteiger partial charge in [-0.2, -0.15) is 13.6 Å². The van der Waals surface area contributed by atoms with Gasteiger partial charge in [0.15, 0.2) is 0 Å². The Bertz CT molecular complexity index is 379. The number of aromatic nitrogens is 1. The van der Waals surface area contributed by atoms with Crippen LogP contribution in [0.2, 0.25) is 0 Å². The summed E-state index contributed by atoms with van der Waals surface area (Å²) in [6.07, 6.45) is 1.42. The van der Waals surface area contributed by atoms with Crippen molar-refractivity contribution in [3.05, 3.63) is 23.9 Å². The van der Waals surface area contributed by atoms with E-state index in [0.29, 0.717) is 5.56 Å². The summed E-state index contributed by atoms with van der Waals surface area (Å²) in [5.41, 5.74) is 0.617. The maximum absolute atomic E-state index is 10.5. The first kappa shape index (κ1) is 12.9. The van der Waals surface area contributed by atoms with Crippen LogP contribution in [-0.4, -0.2) is 43.0 Å². The summed E-state index contributed by atoms with van der Waals surface area (Å²) in [6.45, 7) is 1.67. The first-order chi connectivity index (χ1) is 5.49. The van der Waals surface area contributed by atoms with E-state index in [2.05, 4.69) is 14.3 Å². The van der Waals surface area contributed by atoms with E-state index in [-0.39, 0.29) is 35.4 Å². The van der Waals surface area contributed by atoms with Gasteiger partial charge >= 0.3 is 39.9 Å². The molecular formula is C6H9N2NaO3S. The Kier molecular flexibility index (Phi) is 4.87. The summed E-state index contributed by atoms with van der Waals surface area (Å²) < 4.78 is 25.3. The third-order valence-electron chi connectivity index (χ3n) is 1.16. The third-order valence-corrected chi connectivity index (χ3v) is 1.55. The molecule has 1 aromatic heterocycles. The number of rotatable bonds is 2. The van der Waals surface area contributed by atoms with Gasteiger partial charge in [0.05, 0.1) is 0 Å². The first-order valence-corrected chi connectivity index (χ1v) is 4.60. The number of nitrogens with two attached hydrogens (primary N) is 1. The van der Waals surface area contributed by atoms with Crippen molar-refractivity contribution in [1.29, 1.82) is 0 Å². The molecule has 0 aliphatic carbocycles. The van der Waals surface area contributed by atoms with Crippen LogP contribution in [0.4, 0.5) is 0 Å². The molecule has 0 aliphatic rings. The quantitative estimate of drug-likeness (QED) is 0.659. The average molecular weight is 212 g/mol. The van der Waals surface area contributed by atoms with Gasteiger partial charge in [0.1, 0.15) is 0 Å². The van der Waals surface area contributed by atoms with Crippen LogP contribution >= 0.6 is 0 Å². The average Bonchev–Trinajstić information content (AvgIpc) is 1.91. The zero-order chi connectivity index (χ0) is 9.19. The summed E-state index contributed by atoms with van der Waals surface area (Å²) in [5.74, 6) is 0.0139. The van der Waals surface area contributed by atoms with Gasteiger partial charge in [0, 0.05) is 11.8 Å². The molecular weight excluding hydrogens is 203 g/mol. The molecule has 0 radical (unpaired) electrons. The molecule has 5 nitrogen and oxygen atoms in total. The predicted octanol–water partition coefficient (Wildman–Crippen LogP) is -0.676. The fourth-order valence-corrected chi connectivity index (χ4v) is 1.06. The normalized spacial score (nSPS) is 10.3. The number of pyridine rings is 1. The minimum atomic E-state index is -3.96. The van der Waals surface area contributed by atoms with E-state index in [1.807, 2.05) is 0 Å². The van der Waals surface area contributed by atoms with E-state index in [1.54, 1.807) is 19.1 Å². The van der Waals surface area contributed by atoms with Crippen molar-refractivity contribution in [1.82, 2.24) is 4.98 Å². The number of hydrogen-bond acceptors (Lipinski definition) is 4. The van der Waals surface area contributed by atoms with Gasteiger partial charge in [-0.25, -0.2) is 4.98 Å². The van der Waals surface area contributed by atoms with Crippen LogP contribution in [-0.2, 0) is 10.3 Å². The van der Waals surface area contributed by atoms with E-state index in [1.165, 1.54) is 6.20 Å². The van der Waals surface area contributed by atoms with Gasteiger partial charge in [0.25, 0.3) is 0 Å². The first-order valence-electron chi connectivity index (χ1n) is 3.13. The number of hydrogen-bond donors (Lipinski definition) is 1. The summed E-state index contributed by atoms with van der Waals surface area (Å²) in [7, 11) is -3.96. The number of aryl methyl sites for hydroxylation is 1. The van der Waals surface area contributed by atoms with Crippen LogP contribution in [0.1, 0.15) is 5.56 Å².